The van der Waals surface area contributed by atoms with E-state index in [0.717, 1.165) is 10.5 Å². The van der Waals surface area contributed by atoms with E-state index in [-0.39, 0.29) is 29.4 Å². The number of ether oxygens (including phenoxy) is 3. The summed E-state index contributed by atoms with van der Waals surface area (Å²) in [6.07, 6.45) is 3.02. The van der Waals surface area contributed by atoms with Gasteiger partial charge in [0.05, 0.1) is 28.6 Å². The third-order valence-corrected chi connectivity index (χ3v) is 4.93. The van der Waals surface area contributed by atoms with E-state index in [4.69, 9.17) is 14.2 Å². The summed E-state index contributed by atoms with van der Waals surface area (Å²) in [5.41, 5.74) is 0.0124. The zero-order chi connectivity index (χ0) is 24.7. The molecule has 0 heterocycles. The number of carbonyl (C=O) groups excluding carboxylic acids is 1. The first-order valence-corrected chi connectivity index (χ1v) is 10.4. The summed E-state index contributed by atoms with van der Waals surface area (Å²) in [5, 5.41) is 22.2. The molecule has 3 aromatic rings. The van der Waals surface area contributed by atoms with E-state index >= 15 is 0 Å². The van der Waals surface area contributed by atoms with Crippen molar-refractivity contribution in [1.29, 1.82) is 0 Å². The predicted octanol–water partition coefficient (Wildman–Crippen LogP) is 5.43. The van der Waals surface area contributed by atoms with Crippen molar-refractivity contribution in [1.82, 2.24) is 0 Å². The van der Waals surface area contributed by atoms with Gasteiger partial charge in [0.2, 0.25) is 0 Å². The van der Waals surface area contributed by atoms with E-state index in [2.05, 4.69) is 15.9 Å². The van der Waals surface area contributed by atoms with Crippen LogP contribution in [0.25, 0.3) is 12.2 Å². The van der Waals surface area contributed by atoms with Crippen LogP contribution in [0.4, 0.5) is 11.4 Å². The standard InChI is InChI=1S/C23H17BrN2O8/c1-32-22-11-15(5-7-16-8-9-18(25(28)29)13-20(16)26(30)31)6-10-21(22)34-23(27)14-33-19-4-2-3-17(24)12-19/h2-13H,14H2,1H3/b7-5+. The van der Waals surface area contributed by atoms with E-state index < -0.39 is 21.5 Å². The summed E-state index contributed by atoms with van der Waals surface area (Å²) in [4.78, 5) is 32.9. The van der Waals surface area contributed by atoms with Crippen molar-refractivity contribution in [2.24, 2.45) is 0 Å². The van der Waals surface area contributed by atoms with Gasteiger partial charge in [0.1, 0.15) is 5.75 Å². The van der Waals surface area contributed by atoms with Gasteiger partial charge in [0.25, 0.3) is 11.4 Å². The minimum atomic E-state index is -0.699. The van der Waals surface area contributed by atoms with Crippen LogP contribution in [0.3, 0.4) is 0 Å². The zero-order valence-corrected chi connectivity index (χ0v) is 19.3. The fourth-order valence-electron chi connectivity index (χ4n) is 2.85. The van der Waals surface area contributed by atoms with E-state index in [9.17, 15) is 25.0 Å². The first-order valence-electron chi connectivity index (χ1n) is 9.65. The molecule has 0 N–H and O–H groups in total. The SMILES string of the molecule is COc1cc(/C=C/c2ccc([N+](=O)[O-])cc2[N+](=O)[O-])ccc1OC(=O)COc1cccc(Br)c1. The molecule has 0 aromatic heterocycles. The van der Waals surface area contributed by atoms with E-state index in [1.54, 1.807) is 36.4 Å². The van der Waals surface area contributed by atoms with E-state index in [1.165, 1.54) is 31.4 Å². The number of nitrogens with zero attached hydrogens (tertiary/aromatic N) is 2. The summed E-state index contributed by atoms with van der Waals surface area (Å²) >= 11 is 3.32. The van der Waals surface area contributed by atoms with Crippen molar-refractivity contribution in [2.75, 3.05) is 13.7 Å². The molecular weight excluding hydrogens is 512 g/mol. The molecule has 0 aliphatic heterocycles. The van der Waals surface area contributed by atoms with Crippen LogP contribution in [0.2, 0.25) is 0 Å². The average molecular weight is 529 g/mol. The molecule has 0 unspecified atom stereocenters. The maximum atomic E-state index is 12.2. The Labute approximate surface area is 201 Å². The van der Waals surface area contributed by atoms with Gasteiger partial charge in [-0.2, -0.15) is 0 Å². The van der Waals surface area contributed by atoms with Crippen molar-refractivity contribution in [3.63, 3.8) is 0 Å². The Morgan fingerprint density at radius 1 is 0.971 bits per heavy atom. The minimum absolute atomic E-state index is 0.170. The maximum Gasteiger partial charge on any atom is 0.349 e. The minimum Gasteiger partial charge on any atom is -0.493 e. The van der Waals surface area contributed by atoms with Gasteiger partial charge in [-0.3, -0.25) is 20.2 Å². The van der Waals surface area contributed by atoms with E-state index in [1.807, 2.05) is 6.07 Å². The second-order valence-corrected chi connectivity index (χ2v) is 7.64. The van der Waals surface area contributed by atoms with Crippen LogP contribution < -0.4 is 14.2 Å². The highest BCUT2D eigenvalue weighted by Gasteiger charge is 2.18. The highest BCUT2D eigenvalue weighted by molar-refractivity contribution is 9.10. The number of esters is 1. The van der Waals surface area contributed by atoms with Gasteiger partial charge in [0, 0.05) is 10.5 Å². The Bertz CT molecular complexity index is 1280. The number of benzene rings is 3. The number of nitro benzene ring substituents is 2. The summed E-state index contributed by atoms with van der Waals surface area (Å²) in [6, 6.07) is 15.1. The lowest BCUT2D eigenvalue weighted by molar-refractivity contribution is -0.394. The van der Waals surface area contributed by atoms with Gasteiger partial charge < -0.3 is 14.2 Å². The largest absolute Gasteiger partial charge is 0.493 e. The number of rotatable bonds is 9. The Balaban J connectivity index is 1.72. The van der Waals surface area contributed by atoms with Crippen molar-refractivity contribution >= 4 is 45.4 Å². The molecular formula is C23H17BrN2O8. The molecule has 0 bridgehead atoms. The molecule has 0 aliphatic rings. The molecule has 11 heteroatoms. The van der Waals surface area contributed by atoms with Crippen molar-refractivity contribution in [3.8, 4) is 17.2 Å². The number of hydrogen-bond donors (Lipinski definition) is 0. The molecule has 0 radical (unpaired) electrons. The molecule has 0 aliphatic carbocycles. The molecule has 3 aromatic carbocycles. The van der Waals surface area contributed by atoms with Crippen molar-refractivity contribution < 1.29 is 28.9 Å². The Kier molecular flexibility index (Phi) is 7.93. The number of halogens is 1. The maximum absolute atomic E-state index is 12.2. The lowest BCUT2D eigenvalue weighted by Gasteiger charge is -2.11. The number of nitro groups is 2. The van der Waals surface area contributed by atoms with Crippen LogP contribution in [0, 0.1) is 20.2 Å². The number of hydrogen-bond acceptors (Lipinski definition) is 8. The van der Waals surface area contributed by atoms with Gasteiger partial charge in [0.15, 0.2) is 18.1 Å². The average Bonchev–Trinajstić information content (AvgIpc) is 2.81. The first-order chi connectivity index (χ1) is 16.3. The molecule has 0 fully saturated rings. The van der Waals surface area contributed by atoms with Crippen molar-refractivity contribution in [2.45, 2.75) is 0 Å². The molecule has 0 atom stereocenters. The Hall–Kier alpha value is -4.25. The fourth-order valence-corrected chi connectivity index (χ4v) is 3.23. The second kappa shape index (κ2) is 11.1. The molecule has 0 spiro atoms. The quantitative estimate of drug-likeness (QED) is 0.118. The van der Waals surface area contributed by atoms with Gasteiger partial charge in [-0.05, 0) is 48.0 Å². The highest BCUT2D eigenvalue weighted by atomic mass is 79.9. The molecule has 174 valence electrons. The van der Waals surface area contributed by atoms with Crippen LogP contribution in [0.5, 0.6) is 17.2 Å². The molecule has 0 saturated carbocycles. The first kappa shape index (κ1) is 24.4. The molecule has 34 heavy (non-hydrogen) atoms. The lowest BCUT2D eigenvalue weighted by atomic mass is 10.1. The highest BCUT2D eigenvalue weighted by Crippen LogP contribution is 2.30. The van der Waals surface area contributed by atoms with Gasteiger partial charge in [-0.25, -0.2) is 4.79 Å². The van der Waals surface area contributed by atoms with E-state index in [0.29, 0.717) is 11.3 Å². The normalized spacial score (nSPS) is 10.6. The summed E-state index contributed by atoms with van der Waals surface area (Å²) < 4.78 is 16.8. The second-order valence-electron chi connectivity index (χ2n) is 6.72. The summed E-state index contributed by atoms with van der Waals surface area (Å²) in [5.74, 6) is 0.294. The van der Waals surface area contributed by atoms with Crippen LogP contribution >= 0.6 is 15.9 Å². The third-order valence-electron chi connectivity index (χ3n) is 4.44. The van der Waals surface area contributed by atoms with Crippen molar-refractivity contribution in [3.05, 3.63) is 96.5 Å². The lowest BCUT2D eigenvalue weighted by Crippen LogP contribution is -2.18. The molecule has 10 nitrogen and oxygen atoms in total. The Morgan fingerprint density at radius 2 is 1.76 bits per heavy atom. The fraction of sp³-hybridized carbons (Fsp3) is 0.0870. The third kappa shape index (κ3) is 6.39. The summed E-state index contributed by atoms with van der Waals surface area (Å²) in [6.45, 7) is -0.314. The van der Waals surface area contributed by atoms with Gasteiger partial charge >= 0.3 is 5.97 Å². The van der Waals surface area contributed by atoms with Crippen LogP contribution in [-0.4, -0.2) is 29.5 Å². The van der Waals surface area contributed by atoms with Crippen LogP contribution in [0.1, 0.15) is 11.1 Å². The Morgan fingerprint density at radius 3 is 2.44 bits per heavy atom. The predicted molar refractivity (Wildman–Crippen MR) is 127 cm³/mol. The van der Waals surface area contributed by atoms with Gasteiger partial charge in [-0.15, -0.1) is 0 Å². The number of methoxy groups -OCH3 is 1. The topological polar surface area (TPSA) is 131 Å². The van der Waals surface area contributed by atoms with Gasteiger partial charge in [-0.1, -0.05) is 34.1 Å². The molecule has 3 rings (SSSR count). The monoisotopic (exact) mass is 528 g/mol. The molecule has 0 saturated heterocycles. The van der Waals surface area contributed by atoms with Crippen LogP contribution in [-0.2, 0) is 4.79 Å². The smallest absolute Gasteiger partial charge is 0.349 e. The number of carbonyl (C=O) groups is 1. The summed E-state index contributed by atoms with van der Waals surface area (Å²) in [7, 11) is 1.40. The van der Waals surface area contributed by atoms with Crippen LogP contribution in [0.15, 0.2) is 65.1 Å². The number of non-ortho nitro benzene ring substituents is 1. The zero-order valence-electron chi connectivity index (χ0n) is 17.7. The molecule has 0 amide bonds.